The number of amides is 1. The zero-order valence-corrected chi connectivity index (χ0v) is 11.8. The standard InChI is InChI=1S/C15H22N4O/c20-15(18-12-5-3-7-16-11-12)13-6-4-8-17-14(13)19-9-1-2-10-19/h4,6,8,12,16H,1-3,5,7,9-11H2,(H,18,20). The molecule has 3 heterocycles. The molecule has 0 aromatic carbocycles. The van der Waals surface area contributed by atoms with Crippen molar-refractivity contribution in [2.24, 2.45) is 0 Å². The SMILES string of the molecule is O=C(NC1CCCNC1)c1cccnc1N1CCCC1. The van der Waals surface area contributed by atoms with Gasteiger partial charge in [-0.05, 0) is 44.4 Å². The van der Waals surface area contributed by atoms with Gasteiger partial charge < -0.3 is 15.5 Å². The molecule has 1 unspecified atom stereocenters. The van der Waals surface area contributed by atoms with Crippen molar-refractivity contribution in [2.75, 3.05) is 31.1 Å². The van der Waals surface area contributed by atoms with Gasteiger partial charge in [0.15, 0.2) is 0 Å². The van der Waals surface area contributed by atoms with Crippen molar-refractivity contribution in [3.8, 4) is 0 Å². The third-order valence-electron chi connectivity index (χ3n) is 4.07. The van der Waals surface area contributed by atoms with E-state index in [1.165, 1.54) is 12.8 Å². The van der Waals surface area contributed by atoms with Crippen molar-refractivity contribution in [1.82, 2.24) is 15.6 Å². The summed E-state index contributed by atoms with van der Waals surface area (Å²) in [6.45, 7) is 3.92. The lowest BCUT2D eigenvalue weighted by Gasteiger charge is -2.25. The topological polar surface area (TPSA) is 57.3 Å². The lowest BCUT2D eigenvalue weighted by Crippen LogP contribution is -2.45. The van der Waals surface area contributed by atoms with Gasteiger partial charge in [-0.1, -0.05) is 0 Å². The van der Waals surface area contributed by atoms with Crippen molar-refractivity contribution in [3.05, 3.63) is 23.9 Å². The summed E-state index contributed by atoms with van der Waals surface area (Å²) in [5.74, 6) is 0.847. The zero-order chi connectivity index (χ0) is 13.8. The highest BCUT2D eigenvalue weighted by atomic mass is 16.1. The van der Waals surface area contributed by atoms with Crippen LogP contribution in [0.4, 0.5) is 5.82 Å². The minimum atomic E-state index is 0.00806. The first-order valence-electron chi connectivity index (χ1n) is 7.56. The van der Waals surface area contributed by atoms with Gasteiger partial charge in [-0.25, -0.2) is 4.98 Å². The first kappa shape index (κ1) is 13.4. The molecule has 2 fully saturated rings. The molecule has 2 saturated heterocycles. The van der Waals surface area contributed by atoms with Crippen molar-refractivity contribution < 1.29 is 4.79 Å². The predicted molar refractivity (Wildman–Crippen MR) is 79.0 cm³/mol. The van der Waals surface area contributed by atoms with Crippen molar-refractivity contribution in [1.29, 1.82) is 0 Å². The summed E-state index contributed by atoms with van der Waals surface area (Å²) in [7, 11) is 0. The van der Waals surface area contributed by atoms with Crippen molar-refractivity contribution >= 4 is 11.7 Å². The highest BCUT2D eigenvalue weighted by molar-refractivity contribution is 5.99. The molecule has 3 rings (SSSR count). The molecule has 0 spiro atoms. The summed E-state index contributed by atoms with van der Waals surface area (Å²) >= 11 is 0. The molecule has 108 valence electrons. The van der Waals surface area contributed by atoms with Crippen LogP contribution in [0.25, 0.3) is 0 Å². The Bertz CT molecular complexity index is 465. The third kappa shape index (κ3) is 2.93. The summed E-state index contributed by atoms with van der Waals surface area (Å²) in [5, 5.41) is 6.45. The molecule has 2 N–H and O–H groups in total. The second kappa shape index (κ2) is 6.22. The summed E-state index contributed by atoms with van der Waals surface area (Å²) < 4.78 is 0. The molecule has 5 nitrogen and oxygen atoms in total. The Morgan fingerprint density at radius 1 is 1.35 bits per heavy atom. The second-order valence-electron chi connectivity index (χ2n) is 5.59. The number of nitrogens with zero attached hydrogens (tertiary/aromatic N) is 2. The number of hydrogen-bond donors (Lipinski definition) is 2. The molecule has 1 aromatic heterocycles. The van der Waals surface area contributed by atoms with Crippen LogP contribution in [-0.4, -0.2) is 43.1 Å². The summed E-state index contributed by atoms with van der Waals surface area (Å²) in [6, 6.07) is 3.96. The Hall–Kier alpha value is -1.62. The van der Waals surface area contributed by atoms with Crippen LogP contribution < -0.4 is 15.5 Å². The first-order valence-corrected chi connectivity index (χ1v) is 7.56. The molecule has 2 aliphatic heterocycles. The van der Waals surface area contributed by atoms with Crippen LogP contribution in [0.1, 0.15) is 36.0 Å². The van der Waals surface area contributed by atoms with E-state index >= 15 is 0 Å². The fourth-order valence-electron chi connectivity index (χ4n) is 2.99. The molecule has 20 heavy (non-hydrogen) atoms. The fraction of sp³-hybridized carbons (Fsp3) is 0.600. The van der Waals surface area contributed by atoms with E-state index < -0.39 is 0 Å². The zero-order valence-electron chi connectivity index (χ0n) is 11.8. The van der Waals surface area contributed by atoms with E-state index in [-0.39, 0.29) is 11.9 Å². The second-order valence-corrected chi connectivity index (χ2v) is 5.59. The molecular formula is C15H22N4O. The molecule has 1 aromatic rings. The Morgan fingerprint density at radius 3 is 2.95 bits per heavy atom. The molecule has 0 aliphatic carbocycles. The predicted octanol–water partition coefficient (Wildman–Crippen LogP) is 1.16. The highest BCUT2D eigenvalue weighted by Gasteiger charge is 2.22. The summed E-state index contributed by atoms with van der Waals surface area (Å²) in [5.41, 5.74) is 0.708. The number of aromatic nitrogens is 1. The van der Waals surface area contributed by atoms with Crippen LogP contribution >= 0.6 is 0 Å². The van der Waals surface area contributed by atoms with Crippen molar-refractivity contribution in [2.45, 2.75) is 31.7 Å². The maximum atomic E-state index is 12.5. The van der Waals surface area contributed by atoms with E-state index in [0.29, 0.717) is 5.56 Å². The third-order valence-corrected chi connectivity index (χ3v) is 4.07. The summed E-state index contributed by atoms with van der Waals surface area (Å²) in [4.78, 5) is 19.1. The number of rotatable bonds is 3. The Morgan fingerprint density at radius 2 is 2.20 bits per heavy atom. The van der Waals surface area contributed by atoms with Gasteiger partial charge in [0.1, 0.15) is 5.82 Å². The minimum absolute atomic E-state index is 0.00806. The molecule has 0 radical (unpaired) electrons. The largest absolute Gasteiger partial charge is 0.356 e. The number of pyridine rings is 1. The van der Waals surface area contributed by atoms with Gasteiger partial charge in [-0.15, -0.1) is 0 Å². The average Bonchev–Trinajstić information content (AvgIpc) is 3.02. The summed E-state index contributed by atoms with van der Waals surface area (Å²) in [6.07, 6.45) is 6.32. The van der Waals surface area contributed by atoms with Gasteiger partial charge in [0.25, 0.3) is 5.91 Å². The monoisotopic (exact) mass is 274 g/mol. The van der Waals surface area contributed by atoms with Crippen LogP contribution in [-0.2, 0) is 0 Å². The van der Waals surface area contributed by atoms with E-state index in [4.69, 9.17) is 0 Å². The van der Waals surface area contributed by atoms with E-state index in [9.17, 15) is 4.79 Å². The Balaban J connectivity index is 1.73. The highest BCUT2D eigenvalue weighted by Crippen LogP contribution is 2.22. The van der Waals surface area contributed by atoms with Gasteiger partial charge in [0.05, 0.1) is 5.56 Å². The maximum absolute atomic E-state index is 12.5. The average molecular weight is 274 g/mol. The normalized spacial score (nSPS) is 22.8. The molecule has 0 bridgehead atoms. The maximum Gasteiger partial charge on any atom is 0.255 e. The van der Waals surface area contributed by atoms with Gasteiger partial charge in [-0.3, -0.25) is 4.79 Å². The quantitative estimate of drug-likeness (QED) is 0.868. The van der Waals surface area contributed by atoms with E-state index in [2.05, 4.69) is 20.5 Å². The molecule has 5 heteroatoms. The molecule has 0 saturated carbocycles. The molecular weight excluding hydrogens is 252 g/mol. The number of hydrogen-bond acceptors (Lipinski definition) is 4. The van der Waals surface area contributed by atoms with Gasteiger partial charge in [0.2, 0.25) is 0 Å². The molecule has 2 aliphatic rings. The van der Waals surface area contributed by atoms with Gasteiger partial charge in [0, 0.05) is 31.9 Å². The van der Waals surface area contributed by atoms with Crippen LogP contribution in [0.2, 0.25) is 0 Å². The van der Waals surface area contributed by atoms with E-state index in [0.717, 1.165) is 44.8 Å². The minimum Gasteiger partial charge on any atom is -0.356 e. The number of carbonyl (C=O) groups excluding carboxylic acids is 1. The van der Waals surface area contributed by atoms with Crippen LogP contribution in [0.3, 0.4) is 0 Å². The van der Waals surface area contributed by atoms with Gasteiger partial charge >= 0.3 is 0 Å². The number of piperidine rings is 1. The van der Waals surface area contributed by atoms with Crippen LogP contribution in [0.5, 0.6) is 0 Å². The fourth-order valence-corrected chi connectivity index (χ4v) is 2.99. The first-order chi connectivity index (χ1) is 9.84. The van der Waals surface area contributed by atoms with E-state index in [1.807, 2.05) is 12.1 Å². The number of anilines is 1. The Kier molecular flexibility index (Phi) is 4.16. The van der Waals surface area contributed by atoms with Crippen molar-refractivity contribution in [3.63, 3.8) is 0 Å². The Labute approximate surface area is 119 Å². The lowest BCUT2D eigenvalue weighted by atomic mass is 10.1. The van der Waals surface area contributed by atoms with Crippen LogP contribution in [0.15, 0.2) is 18.3 Å². The molecule has 1 atom stereocenters. The van der Waals surface area contributed by atoms with Gasteiger partial charge in [-0.2, -0.15) is 0 Å². The number of nitrogens with one attached hydrogen (secondary N) is 2. The number of carbonyl (C=O) groups is 1. The lowest BCUT2D eigenvalue weighted by molar-refractivity contribution is 0.0931. The molecule has 1 amide bonds. The van der Waals surface area contributed by atoms with Crippen LogP contribution in [0, 0.1) is 0 Å². The van der Waals surface area contributed by atoms with E-state index in [1.54, 1.807) is 6.20 Å². The smallest absolute Gasteiger partial charge is 0.255 e.